The normalized spacial score (nSPS) is 11.4. The number of hydrogen-bond acceptors (Lipinski definition) is 5. The van der Waals surface area contributed by atoms with Crippen LogP contribution >= 0.6 is 0 Å². The highest BCUT2D eigenvalue weighted by molar-refractivity contribution is 5.92. The molecule has 3 heterocycles. The zero-order valence-electron chi connectivity index (χ0n) is 17.8. The molecule has 0 aliphatic carbocycles. The van der Waals surface area contributed by atoms with Crippen LogP contribution in [0.5, 0.6) is 0 Å². The van der Waals surface area contributed by atoms with Gasteiger partial charge >= 0.3 is 6.18 Å². The molecule has 0 saturated heterocycles. The molecule has 1 N–H and O–H groups in total. The number of nitrogens with zero attached hydrogens (tertiary/aromatic N) is 5. The molecule has 4 aromatic rings. The number of nitrogens with one attached hydrogen (secondary N) is 1. The van der Waals surface area contributed by atoms with Gasteiger partial charge in [-0.05, 0) is 34.9 Å². The molecule has 34 heavy (non-hydrogen) atoms. The van der Waals surface area contributed by atoms with Gasteiger partial charge in [-0.1, -0.05) is 12.1 Å². The lowest BCUT2D eigenvalue weighted by molar-refractivity contribution is -0.141. The Morgan fingerprint density at radius 2 is 1.79 bits per heavy atom. The first-order chi connectivity index (χ1) is 16.2. The third kappa shape index (κ3) is 5.61. The second-order valence-electron chi connectivity index (χ2n) is 7.55. The van der Waals surface area contributed by atoms with Gasteiger partial charge in [-0.25, -0.2) is 14.4 Å². The minimum Gasteiger partial charge on any atom is -0.326 e. The molecule has 174 valence electrons. The van der Waals surface area contributed by atoms with Crippen molar-refractivity contribution < 1.29 is 22.4 Å². The van der Waals surface area contributed by atoms with Crippen LogP contribution in [0.25, 0.3) is 11.1 Å². The molecule has 1 aromatic carbocycles. The van der Waals surface area contributed by atoms with E-state index in [1.54, 1.807) is 29.3 Å². The largest absolute Gasteiger partial charge is 0.433 e. The van der Waals surface area contributed by atoms with E-state index in [2.05, 4.69) is 25.4 Å². The molecule has 0 saturated carbocycles. The van der Waals surface area contributed by atoms with Gasteiger partial charge in [0.25, 0.3) is 0 Å². The molecule has 0 atom stereocenters. The molecular formula is C23H18F4N6O. The van der Waals surface area contributed by atoms with Gasteiger partial charge in [-0.2, -0.15) is 18.3 Å². The smallest absolute Gasteiger partial charge is 0.326 e. The molecule has 0 bridgehead atoms. The van der Waals surface area contributed by atoms with Gasteiger partial charge < -0.3 is 5.32 Å². The summed E-state index contributed by atoms with van der Waals surface area (Å²) < 4.78 is 54.6. The molecule has 1 amide bonds. The van der Waals surface area contributed by atoms with Gasteiger partial charge in [0.1, 0.15) is 17.3 Å². The Hall–Kier alpha value is -4.15. The number of halogens is 4. The van der Waals surface area contributed by atoms with Crippen LogP contribution in [0.15, 0.2) is 61.3 Å². The number of carbonyl (C=O) groups excluding carboxylic acids is 1. The molecule has 3 aromatic heterocycles. The predicted molar refractivity (Wildman–Crippen MR) is 115 cm³/mol. The molecular weight excluding hydrogens is 452 g/mol. The first-order valence-corrected chi connectivity index (χ1v) is 10.1. The summed E-state index contributed by atoms with van der Waals surface area (Å²) in [5.74, 6) is -0.692. The van der Waals surface area contributed by atoms with Gasteiger partial charge in [-0.15, -0.1) is 0 Å². The monoisotopic (exact) mass is 470 g/mol. The van der Waals surface area contributed by atoms with Crippen molar-refractivity contribution >= 4 is 11.6 Å². The van der Waals surface area contributed by atoms with E-state index in [0.29, 0.717) is 23.4 Å². The zero-order valence-corrected chi connectivity index (χ0v) is 17.8. The third-order valence-corrected chi connectivity index (χ3v) is 4.90. The Bertz CT molecular complexity index is 1320. The highest BCUT2D eigenvalue weighted by Gasteiger charge is 2.32. The fourth-order valence-corrected chi connectivity index (χ4v) is 3.25. The highest BCUT2D eigenvalue weighted by atomic mass is 19.4. The number of alkyl halides is 3. The molecule has 0 aliphatic heterocycles. The number of aryl methyl sites for hydroxylation is 1. The molecule has 0 unspecified atom stereocenters. The van der Waals surface area contributed by atoms with Crippen molar-refractivity contribution in [2.75, 3.05) is 5.32 Å². The van der Waals surface area contributed by atoms with Crippen molar-refractivity contribution in [1.29, 1.82) is 0 Å². The summed E-state index contributed by atoms with van der Waals surface area (Å²) in [7, 11) is 1.82. The summed E-state index contributed by atoms with van der Waals surface area (Å²) in [6.45, 7) is 0. The van der Waals surface area contributed by atoms with Gasteiger partial charge in [0.05, 0.1) is 12.6 Å². The van der Waals surface area contributed by atoms with E-state index in [1.807, 2.05) is 13.2 Å². The molecule has 11 heteroatoms. The Balaban J connectivity index is 1.41. The van der Waals surface area contributed by atoms with Crippen molar-refractivity contribution in [3.05, 3.63) is 89.8 Å². The van der Waals surface area contributed by atoms with Gasteiger partial charge in [0, 0.05) is 49.5 Å². The van der Waals surface area contributed by atoms with Gasteiger partial charge in [0.2, 0.25) is 5.91 Å². The van der Waals surface area contributed by atoms with Crippen molar-refractivity contribution in [2.45, 2.75) is 19.0 Å². The third-order valence-electron chi connectivity index (χ3n) is 4.90. The number of aromatic nitrogens is 5. The minimum atomic E-state index is -4.64. The zero-order chi connectivity index (χ0) is 24.3. The van der Waals surface area contributed by atoms with Gasteiger partial charge in [0.15, 0.2) is 0 Å². The van der Waals surface area contributed by atoms with Crippen molar-refractivity contribution in [2.24, 2.45) is 7.05 Å². The van der Waals surface area contributed by atoms with E-state index in [4.69, 9.17) is 0 Å². The topological polar surface area (TPSA) is 85.6 Å². The van der Waals surface area contributed by atoms with Crippen LogP contribution in [0.2, 0.25) is 0 Å². The van der Waals surface area contributed by atoms with Crippen LogP contribution in [0.3, 0.4) is 0 Å². The lowest BCUT2D eigenvalue weighted by Gasteiger charge is -2.10. The van der Waals surface area contributed by atoms with Gasteiger partial charge in [-0.3, -0.25) is 14.5 Å². The van der Waals surface area contributed by atoms with Crippen LogP contribution in [0, 0.1) is 5.82 Å². The fourth-order valence-electron chi connectivity index (χ4n) is 3.25. The first-order valence-electron chi connectivity index (χ1n) is 10.1. The first kappa shape index (κ1) is 23.0. The van der Waals surface area contributed by atoms with E-state index in [-0.39, 0.29) is 17.7 Å². The lowest BCUT2D eigenvalue weighted by atomic mass is 10.0. The van der Waals surface area contributed by atoms with Crippen LogP contribution in [0.4, 0.5) is 23.2 Å². The molecule has 0 spiro atoms. The molecule has 7 nitrogen and oxygen atoms in total. The summed E-state index contributed by atoms with van der Waals surface area (Å²) in [6, 6.07) is 6.27. The SMILES string of the molecule is Cn1cc(Cc2ncc(-c3ccc(CC(=O)Nc4ccnc(C(F)(F)F)c4)c(F)c3)cn2)cn1. The Morgan fingerprint density at radius 1 is 1.03 bits per heavy atom. The molecule has 0 fully saturated rings. The van der Waals surface area contributed by atoms with E-state index in [0.717, 1.165) is 17.8 Å². The summed E-state index contributed by atoms with van der Waals surface area (Å²) in [5.41, 5.74) is 0.980. The second kappa shape index (κ2) is 9.38. The van der Waals surface area contributed by atoms with Crippen LogP contribution in [-0.4, -0.2) is 30.6 Å². The van der Waals surface area contributed by atoms with Crippen molar-refractivity contribution in [3.63, 3.8) is 0 Å². The van der Waals surface area contributed by atoms with Crippen molar-refractivity contribution in [3.8, 4) is 11.1 Å². The number of amides is 1. The number of benzene rings is 1. The van der Waals surface area contributed by atoms with Crippen LogP contribution in [-0.2, 0) is 30.9 Å². The summed E-state index contributed by atoms with van der Waals surface area (Å²) in [5, 5.41) is 6.43. The maximum absolute atomic E-state index is 14.6. The predicted octanol–water partition coefficient (Wildman–Crippen LogP) is 4.20. The Kier molecular flexibility index (Phi) is 6.35. The maximum Gasteiger partial charge on any atom is 0.433 e. The standard InChI is InChI=1S/C23H18F4N6O/c1-33-13-14(10-31-33)6-21-29-11-17(12-30-21)15-2-3-16(19(24)7-15)8-22(34)32-18-4-5-28-20(9-18)23(25,26)27/h2-5,7,9-13H,6,8H2,1H3,(H,28,32,34). The number of rotatable bonds is 6. The van der Waals surface area contributed by atoms with Crippen LogP contribution in [0.1, 0.15) is 22.6 Å². The van der Waals surface area contributed by atoms with E-state index < -0.39 is 23.6 Å². The van der Waals surface area contributed by atoms with Crippen LogP contribution < -0.4 is 5.32 Å². The number of hydrogen-bond donors (Lipinski definition) is 1. The second-order valence-corrected chi connectivity index (χ2v) is 7.55. The minimum absolute atomic E-state index is 0.0760. The molecule has 4 rings (SSSR count). The Labute approximate surface area is 191 Å². The highest BCUT2D eigenvalue weighted by Crippen LogP contribution is 2.29. The summed E-state index contributed by atoms with van der Waals surface area (Å²) >= 11 is 0. The van der Waals surface area contributed by atoms with Crippen molar-refractivity contribution in [1.82, 2.24) is 24.7 Å². The molecule has 0 radical (unpaired) electrons. The average Bonchev–Trinajstić information content (AvgIpc) is 3.20. The Morgan fingerprint density at radius 3 is 2.44 bits per heavy atom. The van der Waals surface area contributed by atoms with E-state index >= 15 is 0 Å². The fraction of sp³-hybridized carbons (Fsp3) is 0.174. The van der Waals surface area contributed by atoms with E-state index in [9.17, 15) is 22.4 Å². The number of pyridine rings is 1. The maximum atomic E-state index is 14.6. The number of carbonyl (C=O) groups is 1. The lowest BCUT2D eigenvalue weighted by Crippen LogP contribution is -2.16. The quantitative estimate of drug-likeness (QED) is 0.427. The number of anilines is 1. The van der Waals surface area contributed by atoms with E-state index in [1.165, 1.54) is 18.2 Å². The average molecular weight is 470 g/mol. The summed E-state index contributed by atoms with van der Waals surface area (Å²) in [6.07, 6.45) is 3.23. The molecule has 0 aliphatic rings. The summed E-state index contributed by atoms with van der Waals surface area (Å²) in [4.78, 5) is 24.1.